The van der Waals surface area contributed by atoms with Crippen LogP contribution in [-0.2, 0) is 0 Å². The zero-order valence-corrected chi connectivity index (χ0v) is 15.3. The van der Waals surface area contributed by atoms with E-state index >= 15 is 0 Å². The summed E-state index contributed by atoms with van der Waals surface area (Å²) in [4.78, 5) is 29.8. The number of hydrogen-bond donors (Lipinski definition) is 0. The number of likely N-dealkylation sites (tertiary alicyclic amines) is 1. The summed E-state index contributed by atoms with van der Waals surface area (Å²) in [6, 6.07) is 4.08. The molecule has 1 aliphatic rings. The second-order valence-electron chi connectivity index (χ2n) is 6.96. The molecule has 4 rings (SSSR count). The SMILES string of the molecule is Cc1cnc(C(=O)N2CCC(c3cn4cccc4c(N(C)C)n3)C2)cn1. The van der Waals surface area contributed by atoms with Crippen LogP contribution in [0.1, 0.15) is 34.2 Å². The van der Waals surface area contributed by atoms with Crippen molar-refractivity contribution in [1.82, 2.24) is 24.3 Å². The average Bonchev–Trinajstić information content (AvgIpc) is 3.30. The molecule has 7 heteroatoms. The molecule has 0 saturated carbocycles. The van der Waals surface area contributed by atoms with Crippen molar-refractivity contribution in [3.8, 4) is 0 Å². The van der Waals surface area contributed by atoms with Gasteiger partial charge in [-0.25, -0.2) is 9.97 Å². The molecule has 1 saturated heterocycles. The van der Waals surface area contributed by atoms with E-state index in [0.717, 1.165) is 29.1 Å². The lowest BCUT2D eigenvalue weighted by Crippen LogP contribution is -2.29. The predicted octanol–water partition coefficient (Wildman–Crippen LogP) is 2.13. The molecule has 0 aliphatic carbocycles. The van der Waals surface area contributed by atoms with E-state index in [0.29, 0.717) is 18.8 Å². The van der Waals surface area contributed by atoms with Crippen molar-refractivity contribution in [3.63, 3.8) is 0 Å². The minimum atomic E-state index is -0.0603. The Morgan fingerprint density at radius 2 is 2.12 bits per heavy atom. The van der Waals surface area contributed by atoms with Crippen LogP contribution in [0, 0.1) is 6.92 Å². The fourth-order valence-corrected chi connectivity index (χ4v) is 3.42. The third kappa shape index (κ3) is 2.89. The number of amides is 1. The summed E-state index contributed by atoms with van der Waals surface area (Å²) in [6.45, 7) is 3.22. The molecule has 134 valence electrons. The maximum absolute atomic E-state index is 12.7. The number of hydrogen-bond acceptors (Lipinski definition) is 5. The normalized spacial score (nSPS) is 17.0. The number of rotatable bonds is 3. The first-order valence-electron chi connectivity index (χ1n) is 8.76. The first-order valence-corrected chi connectivity index (χ1v) is 8.76. The van der Waals surface area contributed by atoms with Crippen molar-refractivity contribution in [1.29, 1.82) is 0 Å². The average molecular weight is 350 g/mol. The number of aromatic nitrogens is 4. The number of anilines is 1. The van der Waals surface area contributed by atoms with E-state index in [4.69, 9.17) is 4.98 Å². The van der Waals surface area contributed by atoms with Crippen LogP contribution in [0.2, 0.25) is 0 Å². The van der Waals surface area contributed by atoms with E-state index in [2.05, 4.69) is 26.6 Å². The second-order valence-corrected chi connectivity index (χ2v) is 6.96. The van der Waals surface area contributed by atoms with Crippen molar-refractivity contribution >= 4 is 17.2 Å². The molecular weight excluding hydrogens is 328 g/mol. The van der Waals surface area contributed by atoms with Crippen molar-refractivity contribution in [2.75, 3.05) is 32.1 Å². The summed E-state index contributed by atoms with van der Waals surface area (Å²) in [5.41, 5.74) is 3.31. The summed E-state index contributed by atoms with van der Waals surface area (Å²) < 4.78 is 2.10. The fourth-order valence-electron chi connectivity index (χ4n) is 3.42. The number of fused-ring (bicyclic) bond motifs is 1. The van der Waals surface area contributed by atoms with Crippen LogP contribution in [0.15, 0.2) is 36.9 Å². The van der Waals surface area contributed by atoms with Crippen LogP contribution in [0.5, 0.6) is 0 Å². The Morgan fingerprint density at radius 3 is 2.85 bits per heavy atom. The van der Waals surface area contributed by atoms with Crippen molar-refractivity contribution in [2.24, 2.45) is 0 Å². The molecule has 7 nitrogen and oxygen atoms in total. The Bertz CT molecular complexity index is 946. The molecular formula is C19H22N6O. The number of aryl methyl sites for hydroxylation is 1. The van der Waals surface area contributed by atoms with Crippen molar-refractivity contribution in [2.45, 2.75) is 19.3 Å². The molecule has 1 amide bonds. The second kappa shape index (κ2) is 6.40. The first-order chi connectivity index (χ1) is 12.5. The molecule has 0 aromatic carbocycles. The minimum Gasteiger partial charge on any atom is -0.361 e. The zero-order valence-electron chi connectivity index (χ0n) is 15.3. The highest BCUT2D eigenvalue weighted by molar-refractivity contribution is 5.92. The van der Waals surface area contributed by atoms with Crippen molar-refractivity contribution in [3.05, 3.63) is 54.0 Å². The highest BCUT2D eigenvalue weighted by Gasteiger charge is 2.30. The topological polar surface area (TPSA) is 66.6 Å². The Hall–Kier alpha value is -2.96. The summed E-state index contributed by atoms with van der Waals surface area (Å²) in [5, 5.41) is 0. The quantitative estimate of drug-likeness (QED) is 0.724. The van der Waals surface area contributed by atoms with E-state index in [1.165, 1.54) is 0 Å². The zero-order chi connectivity index (χ0) is 18.3. The van der Waals surface area contributed by atoms with E-state index < -0.39 is 0 Å². The van der Waals surface area contributed by atoms with Gasteiger partial charge in [0.2, 0.25) is 0 Å². The molecule has 0 radical (unpaired) electrons. The molecule has 0 N–H and O–H groups in total. The molecule has 1 aliphatic heterocycles. The van der Waals surface area contributed by atoms with Gasteiger partial charge in [-0.05, 0) is 25.5 Å². The van der Waals surface area contributed by atoms with Gasteiger partial charge in [-0.1, -0.05) is 0 Å². The summed E-state index contributed by atoms with van der Waals surface area (Å²) >= 11 is 0. The van der Waals surface area contributed by atoms with Gasteiger partial charge in [-0.3, -0.25) is 9.78 Å². The fraction of sp³-hybridized carbons (Fsp3) is 0.368. The molecule has 3 aromatic heterocycles. The van der Waals surface area contributed by atoms with Gasteiger partial charge < -0.3 is 14.2 Å². The van der Waals surface area contributed by atoms with Gasteiger partial charge in [0.1, 0.15) is 5.69 Å². The number of nitrogens with zero attached hydrogens (tertiary/aromatic N) is 6. The van der Waals surface area contributed by atoms with Crippen molar-refractivity contribution < 1.29 is 4.79 Å². The molecule has 1 fully saturated rings. The number of carbonyl (C=O) groups is 1. The molecule has 3 aromatic rings. The minimum absolute atomic E-state index is 0.0603. The lowest BCUT2D eigenvalue weighted by atomic mass is 10.1. The van der Waals surface area contributed by atoms with Gasteiger partial charge in [0.15, 0.2) is 5.82 Å². The van der Waals surface area contributed by atoms with Gasteiger partial charge in [-0.15, -0.1) is 0 Å². The Morgan fingerprint density at radius 1 is 1.27 bits per heavy atom. The van der Waals surface area contributed by atoms with E-state index in [-0.39, 0.29) is 11.8 Å². The van der Waals surface area contributed by atoms with Crippen LogP contribution in [0.3, 0.4) is 0 Å². The Kier molecular flexibility index (Phi) is 4.06. The van der Waals surface area contributed by atoms with Crippen LogP contribution < -0.4 is 4.90 Å². The van der Waals surface area contributed by atoms with Gasteiger partial charge in [0.25, 0.3) is 5.91 Å². The van der Waals surface area contributed by atoms with E-state index in [9.17, 15) is 4.79 Å². The maximum atomic E-state index is 12.7. The molecule has 26 heavy (non-hydrogen) atoms. The van der Waals surface area contributed by atoms with E-state index in [1.807, 2.05) is 43.1 Å². The van der Waals surface area contributed by atoms with Gasteiger partial charge in [0, 0.05) is 51.7 Å². The largest absolute Gasteiger partial charge is 0.361 e. The number of carbonyl (C=O) groups excluding carboxylic acids is 1. The Labute approximate surface area is 152 Å². The predicted molar refractivity (Wildman–Crippen MR) is 99.5 cm³/mol. The molecule has 0 bridgehead atoms. The van der Waals surface area contributed by atoms with Crippen LogP contribution in [0.4, 0.5) is 5.82 Å². The third-order valence-corrected chi connectivity index (χ3v) is 4.83. The molecule has 0 spiro atoms. The first kappa shape index (κ1) is 16.5. The third-order valence-electron chi connectivity index (χ3n) is 4.83. The molecule has 1 atom stereocenters. The molecule has 1 unspecified atom stereocenters. The van der Waals surface area contributed by atoms with Crippen LogP contribution >= 0.6 is 0 Å². The summed E-state index contributed by atoms with van der Waals surface area (Å²) in [7, 11) is 4.00. The summed E-state index contributed by atoms with van der Waals surface area (Å²) in [6.07, 6.45) is 8.20. The highest BCUT2D eigenvalue weighted by atomic mass is 16.2. The van der Waals surface area contributed by atoms with Crippen LogP contribution in [-0.4, -0.2) is 57.3 Å². The van der Waals surface area contributed by atoms with Gasteiger partial charge in [-0.2, -0.15) is 0 Å². The molecule has 4 heterocycles. The van der Waals surface area contributed by atoms with E-state index in [1.54, 1.807) is 12.4 Å². The summed E-state index contributed by atoms with van der Waals surface area (Å²) in [5.74, 6) is 1.11. The highest BCUT2D eigenvalue weighted by Crippen LogP contribution is 2.29. The lowest BCUT2D eigenvalue weighted by Gasteiger charge is -2.18. The maximum Gasteiger partial charge on any atom is 0.274 e. The smallest absolute Gasteiger partial charge is 0.274 e. The Balaban J connectivity index is 1.58. The van der Waals surface area contributed by atoms with Gasteiger partial charge in [0.05, 0.1) is 23.1 Å². The van der Waals surface area contributed by atoms with Gasteiger partial charge >= 0.3 is 0 Å². The standard InChI is InChI=1S/C19H22N6O/c1-13-9-21-15(10-20-13)19(26)25-8-6-14(11-25)16-12-24-7-4-5-17(24)18(22-16)23(2)3/h4-5,7,9-10,12,14H,6,8,11H2,1-3H3. The monoisotopic (exact) mass is 350 g/mol. The lowest BCUT2D eigenvalue weighted by molar-refractivity contribution is 0.0784. The van der Waals surface area contributed by atoms with Crippen LogP contribution in [0.25, 0.3) is 5.52 Å².